The number of hydrogen-bond donors (Lipinski definition) is 0. The van der Waals surface area contributed by atoms with Gasteiger partial charge in [0, 0.05) is 6.42 Å². The monoisotopic (exact) mass is 320 g/mol. The SMILES string of the molecule is CCC(=O)Oc1c(Cl)c(Cl)c(Cl)c(Cl)c1Cl. The molecule has 16 heavy (non-hydrogen) atoms. The van der Waals surface area contributed by atoms with E-state index >= 15 is 0 Å². The van der Waals surface area contributed by atoms with Crippen molar-refractivity contribution in [3.63, 3.8) is 0 Å². The maximum Gasteiger partial charge on any atom is 0.311 e. The number of carbonyl (C=O) groups is 1. The summed E-state index contributed by atoms with van der Waals surface area (Å²) in [6, 6.07) is 0. The Morgan fingerprint density at radius 2 is 1.31 bits per heavy atom. The first-order chi connectivity index (χ1) is 7.40. The highest BCUT2D eigenvalue weighted by molar-refractivity contribution is 6.55. The van der Waals surface area contributed by atoms with Crippen molar-refractivity contribution in [1.82, 2.24) is 0 Å². The third-order valence-corrected chi connectivity index (χ3v) is 3.92. The topological polar surface area (TPSA) is 26.3 Å². The average Bonchev–Trinajstić information content (AvgIpc) is 2.29. The minimum absolute atomic E-state index is 0.00311. The Bertz CT molecular complexity index is 415. The van der Waals surface area contributed by atoms with Crippen LogP contribution in [0.15, 0.2) is 0 Å². The van der Waals surface area contributed by atoms with Gasteiger partial charge in [-0.3, -0.25) is 4.79 Å². The van der Waals surface area contributed by atoms with Crippen LogP contribution in [0.2, 0.25) is 25.1 Å². The van der Waals surface area contributed by atoms with E-state index in [1.54, 1.807) is 6.92 Å². The average molecular weight is 322 g/mol. The zero-order valence-electron chi connectivity index (χ0n) is 7.91. The van der Waals surface area contributed by atoms with Gasteiger partial charge in [-0.05, 0) is 0 Å². The maximum absolute atomic E-state index is 11.1. The standard InChI is InChI=1S/C9H5Cl5O2/c1-2-3(15)16-9-7(13)5(11)4(10)6(12)8(9)14/h2H2,1H3. The summed E-state index contributed by atoms with van der Waals surface area (Å²) in [4.78, 5) is 11.1. The largest absolute Gasteiger partial charge is 0.423 e. The van der Waals surface area contributed by atoms with E-state index in [2.05, 4.69) is 0 Å². The molecule has 0 atom stereocenters. The van der Waals surface area contributed by atoms with Gasteiger partial charge in [0.05, 0.1) is 15.1 Å². The van der Waals surface area contributed by atoms with Gasteiger partial charge in [0.2, 0.25) is 0 Å². The molecule has 88 valence electrons. The van der Waals surface area contributed by atoms with Crippen LogP contribution in [0.3, 0.4) is 0 Å². The molecule has 0 N–H and O–H groups in total. The Kier molecular flexibility index (Phi) is 5.02. The van der Waals surface area contributed by atoms with Crippen LogP contribution in [0.5, 0.6) is 5.75 Å². The zero-order chi connectivity index (χ0) is 12.5. The molecule has 0 bridgehead atoms. The second-order valence-electron chi connectivity index (χ2n) is 2.73. The van der Waals surface area contributed by atoms with E-state index in [0.717, 1.165) is 0 Å². The first-order valence-corrected chi connectivity index (χ1v) is 6.01. The molecule has 0 amide bonds. The van der Waals surface area contributed by atoms with E-state index in [4.69, 9.17) is 62.7 Å². The van der Waals surface area contributed by atoms with Gasteiger partial charge in [-0.2, -0.15) is 0 Å². The molecule has 0 heterocycles. The minimum Gasteiger partial charge on any atom is -0.423 e. The lowest BCUT2D eigenvalue weighted by Crippen LogP contribution is -2.06. The van der Waals surface area contributed by atoms with Crippen LogP contribution in [-0.2, 0) is 4.79 Å². The van der Waals surface area contributed by atoms with Gasteiger partial charge < -0.3 is 4.74 Å². The number of hydrogen-bond acceptors (Lipinski definition) is 2. The summed E-state index contributed by atoms with van der Waals surface area (Å²) in [6.07, 6.45) is 0.171. The number of carbonyl (C=O) groups excluding carboxylic acids is 1. The molecule has 7 heteroatoms. The normalized spacial score (nSPS) is 10.4. The summed E-state index contributed by atoms with van der Waals surface area (Å²) in [6.45, 7) is 1.63. The lowest BCUT2D eigenvalue weighted by Gasteiger charge is -2.11. The fourth-order valence-electron chi connectivity index (χ4n) is 0.860. The van der Waals surface area contributed by atoms with Crippen LogP contribution in [-0.4, -0.2) is 5.97 Å². The number of esters is 1. The van der Waals surface area contributed by atoms with Gasteiger partial charge >= 0.3 is 5.97 Å². The summed E-state index contributed by atoms with van der Waals surface area (Å²) in [5.41, 5.74) is 0. The fraction of sp³-hybridized carbons (Fsp3) is 0.222. The van der Waals surface area contributed by atoms with Crippen LogP contribution in [0.25, 0.3) is 0 Å². The van der Waals surface area contributed by atoms with E-state index < -0.39 is 5.97 Å². The molecule has 1 aromatic rings. The minimum atomic E-state index is -0.502. The molecule has 0 radical (unpaired) electrons. The molecule has 0 saturated carbocycles. The molecule has 0 aromatic heterocycles. The molecule has 0 spiro atoms. The van der Waals surface area contributed by atoms with Gasteiger partial charge in [0.15, 0.2) is 5.75 Å². The second-order valence-corrected chi connectivity index (χ2v) is 4.62. The van der Waals surface area contributed by atoms with Crippen LogP contribution >= 0.6 is 58.0 Å². The molecular weight excluding hydrogens is 317 g/mol. The van der Waals surface area contributed by atoms with Gasteiger partial charge in [0.25, 0.3) is 0 Å². The first kappa shape index (κ1) is 14.2. The Morgan fingerprint density at radius 3 is 1.69 bits per heavy atom. The number of ether oxygens (including phenoxy) is 1. The highest BCUT2D eigenvalue weighted by Gasteiger charge is 2.21. The van der Waals surface area contributed by atoms with Crippen molar-refractivity contribution < 1.29 is 9.53 Å². The first-order valence-electron chi connectivity index (χ1n) is 4.12. The molecule has 0 aliphatic rings. The van der Waals surface area contributed by atoms with Gasteiger partial charge in [-0.25, -0.2) is 0 Å². The van der Waals surface area contributed by atoms with Crippen molar-refractivity contribution >= 4 is 64.0 Å². The predicted molar refractivity (Wildman–Crippen MR) is 67.4 cm³/mol. The van der Waals surface area contributed by atoms with E-state index in [0.29, 0.717) is 0 Å². The predicted octanol–water partition coefficient (Wildman–Crippen LogP) is 5.27. The quantitative estimate of drug-likeness (QED) is 0.321. The van der Waals surface area contributed by atoms with Crippen molar-refractivity contribution in [2.24, 2.45) is 0 Å². The Labute approximate surface area is 117 Å². The smallest absolute Gasteiger partial charge is 0.311 e. The Balaban J connectivity index is 3.34. The zero-order valence-corrected chi connectivity index (χ0v) is 11.7. The van der Waals surface area contributed by atoms with Crippen molar-refractivity contribution in [3.05, 3.63) is 25.1 Å². The van der Waals surface area contributed by atoms with Gasteiger partial charge in [-0.15, -0.1) is 0 Å². The molecule has 1 rings (SSSR count). The van der Waals surface area contributed by atoms with Crippen molar-refractivity contribution in [1.29, 1.82) is 0 Å². The van der Waals surface area contributed by atoms with E-state index in [9.17, 15) is 4.79 Å². The number of rotatable bonds is 2. The van der Waals surface area contributed by atoms with Crippen molar-refractivity contribution in [2.75, 3.05) is 0 Å². The van der Waals surface area contributed by atoms with Gasteiger partial charge in [0.1, 0.15) is 10.0 Å². The summed E-state index contributed by atoms with van der Waals surface area (Å²) < 4.78 is 4.91. The van der Waals surface area contributed by atoms with Gasteiger partial charge in [-0.1, -0.05) is 64.9 Å². The summed E-state index contributed by atoms with van der Waals surface area (Å²) in [7, 11) is 0. The number of halogens is 5. The molecule has 0 unspecified atom stereocenters. The number of benzene rings is 1. The maximum atomic E-state index is 11.1. The molecular formula is C9H5Cl5O2. The van der Waals surface area contributed by atoms with E-state index in [-0.39, 0.29) is 37.3 Å². The lowest BCUT2D eigenvalue weighted by molar-refractivity contribution is -0.134. The summed E-state index contributed by atoms with van der Waals surface area (Å²) in [5, 5.41) is -0.0614. The Hall–Kier alpha value is 0.140. The summed E-state index contributed by atoms with van der Waals surface area (Å²) in [5.74, 6) is -0.576. The van der Waals surface area contributed by atoms with E-state index in [1.165, 1.54) is 0 Å². The van der Waals surface area contributed by atoms with Crippen LogP contribution < -0.4 is 4.74 Å². The third kappa shape index (κ3) is 2.69. The third-order valence-electron chi connectivity index (χ3n) is 1.67. The van der Waals surface area contributed by atoms with Crippen molar-refractivity contribution in [2.45, 2.75) is 13.3 Å². The summed E-state index contributed by atoms with van der Waals surface area (Å²) >= 11 is 29.0. The van der Waals surface area contributed by atoms with Crippen LogP contribution in [0.1, 0.15) is 13.3 Å². The fourth-order valence-corrected chi connectivity index (χ4v) is 2.06. The molecule has 0 aliphatic heterocycles. The van der Waals surface area contributed by atoms with Crippen molar-refractivity contribution in [3.8, 4) is 5.75 Å². The van der Waals surface area contributed by atoms with Crippen LogP contribution in [0, 0.1) is 0 Å². The molecule has 1 aromatic carbocycles. The lowest BCUT2D eigenvalue weighted by atomic mass is 10.3. The molecule has 0 fully saturated rings. The molecule has 2 nitrogen and oxygen atoms in total. The molecule has 0 aliphatic carbocycles. The highest BCUT2D eigenvalue weighted by Crippen LogP contribution is 2.48. The Morgan fingerprint density at radius 1 is 0.938 bits per heavy atom. The second kappa shape index (κ2) is 5.65. The van der Waals surface area contributed by atoms with E-state index in [1.807, 2.05) is 0 Å². The highest BCUT2D eigenvalue weighted by atomic mass is 35.5. The van der Waals surface area contributed by atoms with Crippen LogP contribution in [0.4, 0.5) is 0 Å². The molecule has 0 saturated heterocycles.